The van der Waals surface area contributed by atoms with Gasteiger partial charge in [-0.15, -0.1) is 24.0 Å². The van der Waals surface area contributed by atoms with Gasteiger partial charge >= 0.3 is 0 Å². The SMILES string of the molecule is CN=C(NCCc1ccc(F)cc1)NCc1ccnc2ccccc12.I. The quantitative estimate of drug-likeness (QED) is 0.342. The van der Waals surface area contributed by atoms with E-state index >= 15 is 0 Å². The predicted molar refractivity (Wildman–Crippen MR) is 115 cm³/mol. The molecule has 0 aliphatic rings. The van der Waals surface area contributed by atoms with Gasteiger partial charge in [-0.05, 0) is 41.8 Å². The number of guanidine groups is 1. The molecule has 3 aromatic rings. The van der Waals surface area contributed by atoms with E-state index in [0.717, 1.165) is 35.4 Å². The third-order valence-corrected chi connectivity index (χ3v) is 4.03. The van der Waals surface area contributed by atoms with Crippen molar-refractivity contribution in [3.05, 3.63) is 77.7 Å². The van der Waals surface area contributed by atoms with Crippen LogP contribution in [0.15, 0.2) is 65.8 Å². The number of aromatic nitrogens is 1. The molecular weight excluding hydrogens is 442 g/mol. The maximum Gasteiger partial charge on any atom is 0.191 e. The molecule has 1 aromatic heterocycles. The molecule has 0 saturated heterocycles. The summed E-state index contributed by atoms with van der Waals surface area (Å²) in [6.45, 7) is 1.39. The summed E-state index contributed by atoms with van der Waals surface area (Å²) in [5.41, 5.74) is 3.25. The normalized spacial score (nSPS) is 11.1. The van der Waals surface area contributed by atoms with Crippen LogP contribution in [0.25, 0.3) is 10.9 Å². The first kappa shape index (κ1) is 20.1. The molecule has 26 heavy (non-hydrogen) atoms. The van der Waals surface area contributed by atoms with Crippen LogP contribution in [0.2, 0.25) is 0 Å². The number of halogens is 2. The molecule has 0 aliphatic carbocycles. The Bertz CT molecular complexity index is 860. The Morgan fingerprint density at radius 3 is 2.58 bits per heavy atom. The number of nitrogens with zero attached hydrogens (tertiary/aromatic N) is 2. The highest BCUT2D eigenvalue weighted by atomic mass is 127. The monoisotopic (exact) mass is 464 g/mol. The minimum atomic E-state index is -0.209. The molecule has 0 bridgehead atoms. The van der Waals surface area contributed by atoms with Gasteiger partial charge in [0.2, 0.25) is 0 Å². The smallest absolute Gasteiger partial charge is 0.191 e. The average Bonchev–Trinajstić information content (AvgIpc) is 2.66. The summed E-state index contributed by atoms with van der Waals surface area (Å²) >= 11 is 0. The molecule has 4 nitrogen and oxygen atoms in total. The van der Waals surface area contributed by atoms with E-state index in [1.165, 1.54) is 17.7 Å². The van der Waals surface area contributed by atoms with Gasteiger partial charge in [0.1, 0.15) is 5.82 Å². The van der Waals surface area contributed by atoms with Gasteiger partial charge < -0.3 is 10.6 Å². The van der Waals surface area contributed by atoms with E-state index in [1.54, 1.807) is 19.2 Å². The summed E-state index contributed by atoms with van der Waals surface area (Å²) in [6.07, 6.45) is 2.63. The fraction of sp³-hybridized carbons (Fsp3) is 0.200. The number of benzene rings is 2. The number of pyridine rings is 1. The predicted octanol–water partition coefficient (Wildman–Crippen LogP) is 3.90. The van der Waals surface area contributed by atoms with Crippen LogP contribution in [0.3, 0.4) is 0 Å². The zero-order valence-electron chi connectivity index (χ0n) is 14.6. The Morgan fingerprint density at radius 2 is 1.81 bits per heavy atom. The van der Waals surface area contributed by atoms with Crippen LogP contribution in [0, 0.1) is 5.82 Å². The number of nitrogens with one attached hydrogen (secondary N) is 2. The Balaban J connectivity index is 0.00000243. The van der Waals surface area contributed by atoms with Crippen molar-refractivity contribution < 1.29 is 4.39 Å². The van der Waals surface area contributed by atoms with E-state index in [4.69, 9.17) is 0 Å². The topological polar surface area (TPSA) is 49.3 Å². The molecule has 0 amide bonds. The van der Waals surface area contributed by atoms with Gasteiger partial charge in [-0.2, -0.15) is 0 Å². The van der Waals surface area contributed by atoms with Gasteiger partial charge in [0.25, 0.3) is 0 Å². The highest BCUT2D eigenvalue weighted by Crippen LogP contribution is 2.15. The lowest BCUT2D eigenvalue weighted by Gasteiger charge is -2.13. The summed E-state index contributed by atoms with van der Waals surface area (Å²) in [5.74, 6) is 0.529. The number of hydrogen-bond donors (Lipinski definition) is 2. The third kappa shape index (κ3) is 5.39. The lowest BCUT2D eigenvalue weighted by Crippen LogP contribution is -2.37. The van der Waals surface area contributed by atoms with E-state index in [9.17, 15) is 4.39 Å². The molecule has 0 unspecified atom stereocenters. The molecule has 0 atom stereocenters. The number of aliphatic imine (C=N–C) groups is 1. The van der Waals surface area contributed by atoms with Crippen LogP contribution in [-0.4, -0.2) is 24.5 Å². The zero-order valence-corrected chi connectivity index (χ0v) is 16.9. The Labute approximate surface area is 170 Å². The van der Waals surface area contributed by atoms with E-state index in [0.29, 0.717) is 6.54 Å². The number of fused-ring (bicyclic) bond motifs is 1. The lowest BCUT2D eigenvalue weighted by atomic mass is 10.1. The highest BCUT2D eigenvalue weighted by Gasteiger charge is 2.03. The van der Waals surface area contributed by atoms with Crippen LogP contribution in [0.4, 0.5) is 4.39 Å². The summed E-state index contributed by atoms with van der Waals surface area (Å²) in [4.78, 5) is 8.63. The molecule has 2 aromatic carbocycles. The summed E-state index contributed by atoms with van der Waals surface area (Å²) in [5, 5.41) is 7.74. The van der Waals surface area contributed by atoms with E-state index in [1.807, 2.05) is 30.5 Å². The first-order valence-corrected chi connectivity index (χ1v) is 8.28. The number of rotatable bonds is 5. The van der Waals surface area contributed by atoms with Gasteiger partial charge in [0, 0.05) is 31.7 Å². The van der Waals surface area contributed by atoms with Gasteiger partial charge in [-0.3, -0.25) is 9.98 Å². The molecule has 6 heteroatoms. The fourth-order valence-corrected chi connectivity index (χ4v) is 2.69. The standard InChI is InChI=1S/C20H21FN4.HI/c1-22-20(24-12-10-15-6-8-17(21)9-7-15)25-14-16-11-13-23-19-5-3-2-4-18(16)19;/h2-9,11,13H,10,12,14H2,1H3,(H2,22,24,25);1H. The van der Waals surface area contributed by atoms with Crippen LogP contribution < -0.4 is 10.6 Å². The van der Waals surface area contributed by atoms with Crippen molar-refractivity contribution >= 4 is 40.8 Å². The summed E-state index contributed by atoms with van der Waals surface area (Å²) in [7, 11) is 1.75. The second-order valence-corrected chi connectivity index (χ2v) is 5.72. The van der Waals surface area contributed by atoms with Crippen molar-refractivity contribution in [3.63, 3.8) is 0 Å². The summed E-state index contributed by atoms with van der Waals surface area (Å²) < 4.78 is 12.9. The highest BCUT2D eigenvalue weighted by molar-refractivity contribution is 14.0. The zero-order chi connectivity index (χ0) is 17.5. The van der Waals surface area contributed by atoms with Gasteiger partial charge in [-0.1, -0.05) is 30.3 Å². The first-order chi connectivity index (χ1) is 12.3. The first-order valence-electron chi connectivity index (χ1n) is 8.28. The van der Waals surface area contributed by atoms with Crippen molar-refractivity contribution in [3.8, 4) is 0 Å². The second-order valence-electron chi connectivity index (χ2n) is 5.72. The Hall–Kier alpha value is -2.22. The van der Waals surface area contributed by atoms with Gasteiger partial charge in [0.15, 0.2) is 5.96 Å². The van der Waals surface area contributed by atoms with Crippen LogP contribution in [0.5, 0.6) is 0 Å². The molecule has 1 heterocycles. The fourth-order valence-electron chi connectivity index (χ4n) is 2.69. The minimum absolute atomic E-state index is 0. The summed E-state index contributed by atoms with van der Waals surface area (Å²) in [6, 6.07) is 16.7. The third-order valence-electron chi connectivity index (χ3n) is 4.03. The Morgan fingerprint density at radius 1 is 1.04 bits per heavy atom. The molecular formula is C20H22FIN4. The van der Waals surface area contributed by atoms with Crippen LogP contribution >= 0.6 is 24.0 Å². The maximum atomic E-state index is 12.9. The minimum Gasteiger partial charge on any atom is -0.356 e. The van der Waals surface area contributed by atoms with Crippen LogP contribution in [0.1, 0.15) is 11.1 Å². The molecule has 0 spiro atoms. The molecule has 0 saturated carbocycles. The number of hydrogen-bond acceptors (Lipinski definition) is 2. The van der Waals surface area contributed by atoms with Crippen molar-refractivity contribution in [1.29, 1.82) is 0 Å². The van der Waals surface area contributed by atoms with Gasteiger partial charge in [0.05, 0.1) is 5.52 Å². The Kier molecular flexibility index (Phi) is 7.77. The second kappa shape index (κ2) is 10.1. The van der Waals surface area contributed by atoms with Crippen molar-refractivity contribution in [2.45, 2.75) is 13.0 Å². The van der Waals surface area contributed by atoms with E-state index < -0.39 is 0 Å². The number of para-hydroxylation sites is 1. The van der Waals surface area contributed by atoms with Crippen LogP contribution in [-0.2, 0) is 13.0 Å². The van der Waals surface area contributed by atoms with Gasteiger partial charge in [-0.25, -0.2) is 4.39 Å². The molecule has 0 aliphatic heterocycles. The molecule has 136 valence electrons. The largest absolute Gasteiger partial charge is 0.356 e. The molecule has 0 fully saturated rings. The molecule has 0 radical (unpaired) electrons. The van der Waals surface area contributed by atoms with Crippen molar-refractivity contribution in [1.82, 2.24) is 15.6 Å². The van der Waals surface area contributed by atoms with Crippen molar-refractivity contribution in [2.24, 2.45) is 4.99 Å². The van der Waals surface area contributed by atoms with Crippen molar-refractivity contribution in [2.75, 3.05) is 13.6 Å². The molecule has 3 rings (SSSR count). The van der Waals surface area contributed by atoms with E-state index in [-0.39, 0.29) is 29.8 Å². The molecule has 2 N–H and O–H groups in total. The average molecular weight is 464 g/mol. The maximum absolute atomic E-state index is 12.9. The lowest BCUT2D eigenvalue weighted by molar-refractivity contribution is 0.626. The van der Waals surface area contributed by atoms with E-state index in [2.05, 4.69) is 26.7 Å².